The average Bonchev–Trinajstić information content (AvgIpc) is 2.87. The number of hydrogen-bond acceptors (Lipinski definition) is 4. The summed E-state index contributed by atoms with van der Waals surface area (Å²) in [5, 5.41) is 13.7. The Morgan fingerprint density at radius 3 is 2.62 bits per heavy atom. The summed E-state index contributed by atoms with van der Waals surface area (Å²) in [5.74, 6) is 0.365. The van der Waals surface area contributed by atoms with Gasteiger partial charge in [-0.3, -0.25) is 4.79 Å². The van der Waals surface area contributed by atoms with Crippen LogP contribution in [0.3, 0.4) is 0 Å². The smallest absolute Gasteiger partial charge is 0.246 e. The monoisotopic (exact) mass is 287 g/mol. The standard InChI is InChI=1S/C15H21N5O/c1-11(2)12-4-6-13(7-5-12)17-15(21)10-20-9-14(8-16-3)18-19-20/h4-7,9,11,16H,8,10H2,1-3H3,(H,17,21). The Kier molecular flexibility index (Phi) is 5.05. The molecule has 0 aliphatic heterocycles. The van der Waals surface area contributed by atoms with Crippen molar-refractivity contribution < 1.29 is 4.79 Å². The first-order valence-corrected chi connectivity index (χ1v) is 7.02. The van der Waals surface area contributed by atoms with Crippen LogP contribution in [0.25, 0.3) is 0 Å². The molecule has 0 aliphatic rings. The van der Waals surface area contributed by atoms with Crippen LogP contribution < -0.4 is 10.6 Å². The van der Waals surface area contributed by atoms with Crippen LogP contribution in [0.2, 0.25) is 0 Å². The molecule has 112 valence electrons. The summed E-state index contributed by atoms with van der Waals surface area (Å²) in [7, 11) is 1.84. The van der Waals surface area contributed by atoms with Gasteiger partial charge in [0.2, 0.25) is 5.91 Å². The van der Waals surface area contributed by atoms with Gasteiger partial charge < -0.3 is 10.6 Å². The quantitative estimate of drug-likeness (QED) is 0.849. The molecule has 0 radical (unpaired) electrons. The van der Waals surface area contributed by atoms with E-state index in [-0.39, 0.29) is 12.5 Å². The predicted octanol–water partition coefficient (Wildman–Crippen LogP) is 1.76. The molecule has 6 heteroatoms. The molecule has 2 N–H and O–H groups in total. The Hall–Kier alpha value is -2.21. The van der Waals surface area contributed by atoms with E-state index in [0.29, 0.717) is 12.5 Å². The minimum absolute atomic E-state index is 0.117. The molecule has 1 heterocycles. The summed E-state index contributed by atoms with van der Waals surface area (Å²) in [6, 6.07) is 7.89. The van der Waals surface area contributed by atoms with Crippen LogP contribution in [0.1, 0.15) is 31.0 Å². The number of benzene rings is 1. The van der Waals surface area contributed by atoms with Gasteiger partial charge in [0, 0.05) is 12.2 Å². The Bertz CT molecular complexity index is 588. The Labute approximate surface area is 124 Å². The highest BCUT2D eigenvalue weighted by Gasteiger charge is 2.07. The van der Waals surface area contributed by atoms with Gasteiger partial charge in [-0.15, -0.1) is 5.10 Å². The molecular formula is C15H21N5O. The maximum atomic E-state index is 12.0. The van der Waals surface area contributed by atoms with Crippen molar-refractivity contribution in [2.45, 2.75) is 32.9 Å². The van der Waals surface area contributed by atoms with Crippen LogP contribution in [-0.4, -0.2) is 27.9 Å². The van der Waals surface area contributed by atoms with Crippen LogP contribution in [0, 0.1) is 0 Å². The van der Waals surface area contributed by atoms with Gasteiger partial charge in [-0.05, 0) is 30.7 Å². The van der Waals surface area contributed by atoms with E-state index in [1.165, 1.54) is 10.2 Å². The molecule has 0 unspecified atom stereocenters. The van der Waals surface area contributed by atoms with Gasteiger partial charge in [0.1, 0.15) is 6.54 Å². The Morgan fingerprint density at radius 1 is 1.29 bits per heavy atom. The first-order chi connectivity index (χ1) is 10.1. The van der Waals surface area contributed by atoms with E-state index in [1.807, 2.05) is 31.3 Å². The summed E-state index contributed by atoms with van der Waals surface area (Å²) < 4.78 is 1.53. The predicted molar refractivity (Wildman–Crippen MR) is 81.9 cm³/mol. The molecular weight excluding hydrogens is 266 g/mol. The fraction of sp³-hybridized carbons (Fsp3) is 0.400. The summed E-state index contributed by atoms with van der Waals surface area (Å²) in [4.78, 5) is 12.0. The minimum atomic E-state index is -0.117. The summed E-state index contributed by atoms with van der Waals surface area (Å²) >= 11 is 0. The lowest BCUT2D eigenvalue weighted by atomic mass is 10.0. The molecule has 2 aromatic rings. The molecule has 1 aromatic heterocycles. The number of rotatable bonds is 6. The maximum absolute atomic E-state index is 12.0. The molecule has 0 fully saturated rings. The van der Waals surface area contributed by atoms with Gasteiger partial charge in [0.05, 0.1) is 11.9 Å². The molecule has 0 spiro atoms. The van der Waals surface area contributed by atoms with Gasteiger partial charge in [-0.25, -0.2) is 4.68 Å². The SMILES string of the molecule is CNCc1cn(CC(=O)Nc2ccc(C(C)C)cc2)nn1. The van der Waals surface area contributed by atoms with Gasteiger partial charge in [0.15, 0.2) is 0 Å². The molecule has 0 saturated heterocycles. The third kappa shape index (κ3) is 4.39. The molecule has 0 saturated carbocycles. The second-order valence-corrected chi connectivity index (χ2v) is 5.26. The van der Waals surface area contributed by atoms with E-state index in [9.17, 15) is 4.79 Å². The molecule has 0 aliphatic carbocycles. The number of nitrogens with one attached hydrogen (secondary N) is 2. The third-order valence-electron chi connectivity index (χ3n) is 3.11. The zero-order chi connectivity index (χ0) is 15.2. The number of carbonyl (C=O) groups is 1. The summed E-state index contributed by atoms with van der Waals surface area (Å²) in [6.07, 6.45) is 1.76. The van der Waals surface area contributed by atoms with E-state index < -0.39 is 0 Å². The van der Waals surface area contributed by atoms with Crippen LogP contribution in [0.15, 0.2) is 30.5 Å². The van der Waals surface area contributed by atoms with Crippen LogP contribution >= 0.6 is 0 Å². The molecule has 1 amide bonds. The largest absolute Gasteiger partial charge is 0.324 e. The summed E-state index contributed by atoms with van der Waals surface area (Å²) in [6.45, 7) is 5.07. The number of hydrogen-bond donors (Lipinski definition) is 2. The van der Waals surface area contributed by atoms with E-state index in [2.05, 4.69) is 34.8 Å². The molecule has 1 aromatic carbocycles. The normalized spacial score (nSPS) is 10.9. The van der Waals surface area contributed by atoms with E-state index in [1.54, 1.807) is 6.20 Å². The molecule has 6 nitrogen and oxygen atoms in total. The number of anilines is 1. The molecule has 2 rings (SSSR count). The summed E-state index contributed by atoms with van der Waals surface area (Å²) in [5.41, 5.74) is 2.85. The lowest BCUT2D eigenvalue weighted by Gasteiger charge is -2.08. The lowest BCUT2D eigenvalue weighted by Crippen LogP contribution is -2.19. The maximum Gasteiger partial charge on any atom is 0.246 e. The second-order valence-electron chi connectivity index (χ2n) is 5.26. The van der Waals surface area contributed by atoms with Crippen LogP contribution in [-0.2, 0) is 17.9 Å². The number of aromatic nitrogens is 3. The van der Waals surface area contributed by atoms with E-state index in [0.717, 1.165) is 11.4 Å². The molecule has 0 bridgehead atoms. The Balaban J connectivity index is 1.91. The average molecular weight is 287 g/mol. The fourth-order valence-electron chi connectivity index (χ4n) is 1.98. The highest BCUT2D eigenvalue weighted by Crippen LogP contribution is 2.17. The van der Waals surface area contributed by atoms with Crippen molar-refractivity contribution in [2.75, 3.05) is 12.4 Å². The van der Waals surface area contributed by atoms with Crippen molar-refractivity contribution in [3.8, 4) is 0 Å². The van der Waals surface area contributed by atoms with E-state index >= 15 is 0 Å². The van der Waals surface area contributed by atoms with Gasteiger partial charge >= 0.3 is 0 Å². The second kappa shape index (κ2) is 6.99. The van der Waals surface area contributed by atoms with Crippen LogP contribution in [0.5, 0.6) is 0 Å². The first kappa shape index (κ1) is 15.2. The van der Waals surface area contributed by atoms with Crippen LogP contribution in [0.4, 0.5) is 5.69 Å². The van der Waals surface area contributed by atoms with E-state index in [4.69, 9.17) is 0 Å². The molecule has 0 atom stereocenters. The number of nitrogens with zero attached hydrogens (tertiary/aromatic N) is 3. The minimum Gasteiger partial charge on any atom is -0.324 e. The van der Waals surface area contributed by atoms with Crippen molar-refractivity contribution >= 4 is 11.6 Å². The first-order valence-electron chi connectivity index (χ1n) is 7.02. The third-order valence-corrected chi connectivity index (χ3v) is 3.11. The lowest BCUT2D eigenvalue weighted by molar-refractivity contribution is -0.116. The topological polar surface area (TPSA) is 71.8 Å². The fourth-order valence-corrected chi connectivity index (χ4v) is 1.98. The highest BCUT2D eigenvalue weighted by atomic mass is 16.2. The van der Waals surface area contributed by atoms with Crippen molar-refractivity contribution in [3.05, 3.63) is 41.7 Å². The number of carbonyl (C=O) groups excluding carboxylic acids is 1. The highest BCUT2D eigenvalue weighted by molar-refractivity contribution is 5.90. The van der Waals surface area contributed by atoms with Crippen molar-refractivity contribution in [2.24, 2.45) is 0 Å². The van der Waals surface area contributed by atoms with Gasteiger partial charge in [-0.2, -0.15) is 0 Å². The number of amides is 1. The van der Waals surface area contributed by atoms with Gasteiger partial charge in [0.25, 0.3) is 0 Å². The zero-order valence-electron chi connectivity index (χ0n) is 12.6. The van der Waals surface area contributed by atoms with Gasteiger partial charge in [-0.1, -0.05) is 31.2 Å². The van der Waals surface area contributed by atoms with Crippen molar-refractivity contribution in [1.29, 1.82) is 0 Å². The molecule has 21 heavy (non-hydrogen) atoms. The Morgan fingerprint density at radius 2 is 2.00 bits per heavy atom. The van der Waals surface area contributed by atoms with Crippen molar-refractivity contribution in [3.63, 3.8) is 0 Å². The zero-order valence-corrected chi connectivity index (χ0v) is 12.6. The van der Waals surface area contributed by atoms with Crippen molar-refractivity contribution in [1.82, 2.24) is 20.3 Å².